The Morgan fingerprint density at radius 3 is 2.62 bits per heavy atom. The summed E-state index contributed by atoms with van der Waals surface area (Å²) >= 11 is 0. The second-order valence-electron chi connectivity index (χ2n) is 4.41. The minimum atomic E-state index is 0.598. The van der Waals surface area contributed by atoms with Crippen LogP contribution in [-0.4, -0.2) is 26.3 Å². The maximum absolute atomic E-state index is 5.04. The van der Waals surface area contributed by atoms with E-state index in [1.807, 2.05) is 0 Å². The Morgan fingerprint density at radius 2 is 2.08 bits per heavy atom. The van der Waals surface area contributed by atoms with Crippen molar-refractivity contribution < 1.29 is 4.74 Å². The van der Waals surface area contributed by atoms with Crippen molar-refractivity contribution in [3.63, 3.8) is 0 Å². The van der Waals surface area contributed by atoms with Crippen molar-refractivity contribution in [2.24, 2.45) is 11.8 Å². The van der Waals surface area contributed by atoms with Gasteiger partial charge >= 0.3 is 0 Å². The Balaban J connectivity index is 1.96. The summed E-state index contributed by atoms with van der Waals surface area (Å²) in [7, 11) is 1.76. The smallest absolute Gasteiger partial charge is 0.0476 e. The van der Waals surface area contributed by atoms with E-state index in [1.165, 1.54) is 19.4 Å². The van der Waals surface area contributed by atoms with Crippen LogP contribution in [-0.2, 0) is 4.74 Å². The Labute approximate surface area is 82.0 Å². The van der Waals surface area contributed by atoms with Crippen LogP contribution < -0.4 is 5.32 Å². The third-order valence-electron chi connectivity index (χ3n) is 2.97. The van der Waals surface area contributed by atoms with Gasteiger partial charge in [0.1, 0.15) is 0 Å². The zero-order valence-electron chi connectivity index (χ0n) is 9.18. The van der Waals surface area contributed by atoms with Crippen molar-refractivity contribution in [3.8, 4) is 0 Å². The number of hydrogen-bond donors (Lipinski definition) is 1. The van der Waals surface area contributed by atoms with Crippen molar-refractivity contribution in [1.82, 2.24) is 5.32 Å². The molecule has 2 nitrogen and oxygen atoms in total. The van der Waals surface area contributed by atoms with E-state index >= 15 is 0 Å². The van der Waals surface area contributed by atoms with E-state index in [9.17, 15) is 0 Å². The van der Waals surface area contributed by atoms with E-state index in [4.69, 9.17) is 4.74 Å². The van der Waals surface area contributed by atoms with Crippen molar-refractivity contribution in [2.45, 2.75) is 39.2 Å². The minimum absolute atomic E-state index is 0.598. The summed E-state index contributed by atoms with van der Waals surface area (Å²) in [4.78, 5) is 0. The first-order valence-corrected chi connectivity index (χ1v) is 5.46. The number of hydrogen-bond acceptors (Lipinski definition) is 2. The highest BCUT2D eigenvalue weighted by molar-refractivity contribution is 4.80. The molecule has 1 saturated carbocycles. The Bertz CT molecular complexity index is 134. The van der Waals surface area contributed by atoms with Gasteiger partial charge in [0, 0.05) is 19.8 Å². The van der Waals surface area contributed by atoms with Gasteiger partial charge in [-0.1, -0.05) is 6.92 Å². The molecule has 1 aliphatic rings. The van der Waals surface area contributed by atoms with Gasteiger partial charge in [-0.15, -0.1) is 0 Å². The van der Waals surface area contributed by atoms with Crippen LogP contribution in [0.3, 0.4) is 0 Å². The molecule has 0 aliphatic heterocycles. The lowest BCUT2D eigenvalue weighted by Gasteiger charge is -2.16. The number of ether oxygens (including phenoxy) is 1. The SMILES string of the molecule is COCCC(C)NCC(C)C1CC1. The largest absolute Gasteiger partial charge is 0.385 e. The van der Waals surface area contributed by atoms with Crippen LogP contribution in [0.2, 0.25) is 0 Å². The molecule has 1 aliphatic carbocycles. The molecule has 0 radical (unpaired) electrons. The molecule has 2 heteroatoms. The van der Waals surface area contributed by atoms with Crippen molar-refractivity contribution >= 4 is 0 Å². The average molecular weight is 185 g/mol. The second-order valence-corrected chi connectivity index (χ2v) is 4.41. The number of methoxy groups -OCH3 is 1. The molecule has 2 unspecified atom stereocenters. The van der Waals surface area contributed by atoms with Crippen LogP contribution in [0.1, 0.15) is 33.1 Å². The lowest BCUT2D eigenvalue weighted by molar-refractivity contribution is 0.184. The fourth-order valence-corrected chi connectivity index (χ4v) is 1.62. The molecule has 2 atom stereocenters. The van der Waals surface area contributed by atoms with E-state index < -0.39 is 0 Å². The van der Waals surface area contributed by atoms with Crippen LogP contribution >= 0.6 is 0 Å². The highest BCUT2D eigenvalue weighted by Crippen LogP contribution is 2.36. The van der Waals surface area contributed by atoms with Gasteiger partial charge in [-0.05, 0) is 44.6 Å². The second kappa shape index (κ2) is 5.61. The first-order chi connectivity index (χ1) is 6.24. The summed E-state index contributed by atoms with van der Waals surface area (Å²) in [5, 5.41) is 3.56. The summed E-state index contributed by atoms with van der Waals surface area (Å²) in [6.07, 6.45) is 4.03. The molecule has 0 aromatic carbocycles. The van der Waals surface area contributed by atoms with Gasteiger partial charge in [0.25, 0.3) is 0 Å². The number of rotatable bonds is 7. The molecule has 0 saturated heterocycles. The fraction of sp³-hybridized carbons (Fsp3) is 1.00. The van der Waals surface area contributed by atoms with Gasteiger partial charge in [-0.2, -0.15) is 0 Å². The van der Waals surface area contributed by atoms with Crippen LogP contribution in [0, 0.1) is 11.8 Å². The molecule has 0 amide bonds. The van der Waals surface area contributed by atoms with Crippen molar-refractivity contribution in [2.75, 3.05) is 20.3 Å². The molecule has 1 N–H and O–H groups in total. The predicted octanol–water partition coefficient (Wildman–Crippen LogP) is 2.05. The molecule has 0 spiro atoms. The highest BCUT2D eigenvalue weighted by atomic mass is 16.5. The van der Waals surface area contributed by atoms with Gasteiger partial charge in [-0.25, -0.2) is 0 Å². The fourth-order valence-electron chi connectivity index (χ4n) is 1.62. The quantitative estimate of drug-likeness (QED) is 0.655. The molecule has 78 valence electrons. The third kappa shape index (κ3) is 4.63. The minimum Gasteiger partial charge on any atom is -0.385 e. The normalized spacial score (nSPS) is 21.5. The van der Waals surface area contributed by atoms with Gasteiger partial charge in [0.05, 0.1) is 0 Å². The lowest BCUT2D eigenvalue weighted by atomic mass is 10.1. The Morgan fingerprint density at radius 1 is 1.38 bits per heavy atom. The topological polar surface area (TPSA) is 21.3 Å². The predicted molar refractivity (Wildman–Crippen MR) is 55.8 cm³/mol. The van der Waals surface area contributed by atoms with Gasteiger partial charge < -0.3 is 10.1 Å². The molecule has 0 bridgehead atoms. The maximum Gasteiger partial charge on any atom is 0.0476 e. The first-order valence-electron chi connectivity index (χ1n) is 5.46. The first kappa shape index (κ1) is 11.0. The summed E-state index contributed by atoms with van der Waals surface area (Å²) in [6.45, 7) is 6.63. The molecule has 0 aromatic rings. The summed E-state index contributed by atoms with van der Waals surface area (Å²) in [5.74, 6) is 1.88. The van der Waals surface area contributed by atoms with E-state index in [0.717, 1.165) is 24.9 Å². The summed E-state index contributed by atoms with van der Waals surface area (Å²) in [6, 6.07) is 0.598. The van der Waals surface area contributed by atoms with Crippen molar-refractivity contribution in [1.29, 1.82) is 0 Å². The molecule has 1 fully saturated rings. The maximum atomic E-state index is 5.04. The summed E-state index contributed by atoms with van der Waals surface area (Å²) < 4.78 is 5.04. The standard InChI is InChI=1S/C11H23NO/c1-9(11-4-5-11)8-12-10(2)6-7-13-3/h9-12H,4-8H2,1-3H3. The third-order valence-corrected chi connectivity index (χ3v) is 2.97. The van der Waals surface area contributed by atoms with E-state index in [1.54, 1.807) is 7.11 Å². The average Bonchev–Trinajstić information content (AvgIpc) is 2.93. The Kier molecular flexibility index (Phi) is 4.74. The van der Waals surface area contributed by atoms with E-state index in [2.05, 4.69) is 19.2 Å². The van der Waals surface area contributed by atoms with Gasteiger partial charge in [0.2, 0.25) is 0 Å². The van der Waals surface area contributed by atoms with Crippen molar-refractivity contribution in [3.05, 3.63) is 0 Å². The number of nitrogens with one attached hydrogen (secondary N) is 1. The van der Waals surface area contributed by atoms with Crippen LogP contribution in [0.4, 0.5) is 0 Å². The van der Waals surface area contributed by atoms with Gasteiger partial charge in [0.15, 0.2) is 0 Å². The molecule has 13 heavy (non-hydrogen) atoms. The highest BCUT2D eigenvalue weighted by Gasteiger charge is 2.27. The Hall–Kier alpha value is -0.0800. The van der Waals surface area contributed by atoms with Crippen LogP contribution in [0.15, 0.2) is 0 Å². The van der Waals surface area contributed by atoms with E-state index in [0.29, 0.717) is 6.04 Å². The molecule has 1 rings (SSSR count). The monoisotopic (exact) mass is 185 g/mol. The van der Waals surface area contributed by atoms with Crippen LogP contribution in [0.25, 0.3) is 0 Å². The molecule has 0 aromatic heterocycles. The zero-order valence-corrected chi connectivity index (χ0v) is 9.18. The molecular formula is C11H23NO. The van der Waals surface area contributed by atoms with E-state index in [-0.39, 0.29) is 0 Å². The van der Waals surface area contributed by atoms with Crippen LogP contribution in [0.5, 0.6) is 0 Å². The summed E-state index contributed by atoms with van der Waals surface area (Å²) in [5.41, 5.74) is 0. The molecular weight excluding hydrogens is 162 g/mol. The van der Waals surface area contributed by atoms with Gasteiger partial charge in [-0.3, -0.25) is 0 Å². The molecule has 0 heterocycles. The lowest BCUT2D eigenvalue weighted by Crippen LogP contribution is -2.31. The zero-order chi connectivity index (χ0) is 9.68.